The van der Waals surface area contributed by atoms with Crippen molar-refractivity contribution in [1.82, 2.24) is 14.4 Å². The van der Waals surface area contributed by atoms with Gasteiger partial charge in [-0.05, 0) is 36.4 Å². The van der Waals surface area contributed by atoms with Crippen molar-refractivity contribution in [2.24, 2.45) is 0 Å². The summed E-state index contributed by atoms with van der Waals surface area (Å²) in [7, 11) is 0. The van der Waals surface area contributed by atoms with Crippen LogP contribution in [-0.2, 0) is 6.61 Å². The minimum atomic E-state index is -0.290. The van der Waals surface area contributed by atoms with E-state index in [2.05, 4.69) is 15.3 Å². The lowest BCUT2D eigenvalue weighted by Gasteiger charge is -2.07. The van der Waals surface area contributed by atoms with E-state index in [1.54, 1.807) is 29.8 Å². The molecule has 7 nitrogen and oxygen atoms in total. The Labute approximate surface area is 175 Å². The molecular formula is C22H16N4O3S. The molecular weight excluding hydrogens is 400 g/mol. The van der Waals surface area contributed by atoms with E-state index >= 15 is 0 Å². The lowest BCUT2D eigenvalue weighted by molar-refractivity contribution is 0.102. The maximum absolute atomic E-state index is 12.5. The number of aromatic nitrogens is 3. The first-order valence-electron chi connectivity index (χ1n) is 9.21. The van der Waals surface area contributed by atoms with Gasteiger partial charge in [0.25, 0.3) is 5.91 Å². The summed E-state index contributed by atoms with van der Waals surface area (Å²) in [6.45, 7) is 0.331. The average molecular weight is 416 g/mol. The number of hydrogen-bond donors (Lipinski definition) is 1. The summed E-state index contributed by atoms with van der Waals surface area (Å²) >= 11 is 1.36. The molecule has 1 N–H and O–H groups in total. The molecule has 0 atom stereocenters. The molecule has 5 rings (SSSR count). The molecule has 0 aliphatic rings. The number of fused-ring (bicyclic) bond motifs is 1. The van der Waals surface area contributed by atoms with Crippen LogP contribution < -0.4 is 10.1 Å². The van der Waals surface area contributed by atoms with Gasteiger partial charge in [0.1, 0.15) is 23.7 Å². The second kappa shape index (κ2) is 7.84. The fourth-order valence-electron chi connectivity index (χ4n) is 2.96. The van der Waals surface area contributed by atoms with Crippen molar-refractivity contribution in [1.29, 1.82) is 0 Å². The van der Waals surface area contributed by atoms with Gasteiger partial charge in [0.05, 0.1) is 12.0 Å². The van der Waals surface area contributed by atoms with Crippen molar-refractivity contribution in [2.45, 2.75) is 6.61 Å². The lowest BCUT2D eigenvalue weighted by atomic mass is 10.3. The Morgan fingerprint density at radius 1 is 1.13 bits per heavy atom. The number of benzene rings is 1. The number of pyridine rings is 1. The first-order valence-corrected chi connectivity index (χ1v) is 10.1. The van der Waals surface area contributed by atoms with Gasteiger partial charge in [-0.15, -0.1) is 11.3 Å². The third-order valence-electron chi connectivity index (χ3n) is 4.36. The summed E-state index contributed by atoms with van der Waals surface area (Å²) < 4.78 is 13.1. The smallest absolute Gasteiger partial charge is 0.275 e. The highest BCUT2D eigenvalue weighted by Gasteiger charge is 2.14. The summed E-state index contributed by atoms with van der Waals surface area (Å²) in [5.74, 6) is 0.988. The van der Waals surface area contributed by atoms with Gasteiger partial charge in [-0.3, -0.25) is 4.79 Å². The van der Waals surface area contributed by atoms with Gasteiger partial charge in [-0.2, -0.15) is 0 Å². The van der Waals surface area contributed by atoms with Gasteiger partial charge >= 0.3 is 0 Å². The van der Waals surface area contributed by atoms with Crippen molar-refractivity contribution in [3.8, 4) is 16.5 Å². The van der Waals surface area contributed by atoms with Crippen LogP contribution in [0.15, 0.2) is 83.1 Å². The van der Waals surface area contributed by atoms with Crippen LogP contribution in [-0.4, -0.2) is 20.3 Å². The third kappa shape index (κ3) is 3.81. The molecule has 0 saturated heterocycles. The van der Waals surface area contributed by atoms with Crippen LogP contribution in [0.5, 0.6) is 5.75 Å². The minimum absolute atomic E-state index is 0.290. The molecule has 0 aliphatic heterocycles. The van der Waals surface area contributed by atoms with Crippen LogP contribution >= 0.6 is 11.3 Å². The third-order valence-corrected chi connectivity index (χ3v) is 5.22. The molecule has 0 spiro atoms. The average Bonchev–Trinajstić information content (AvgIpc) is 3.52. The highest BCUT2D eigenvalue weighted by molar-refractivity contribution is 7.13. The molecule has 4 aromatic heterocycles. The number of carbonyl (C=O) groups excluding carboxylic acids is 1. The minimum Gasteiger partial charge on any atom is -0.487 e. The summed E-state index contributed by atoms with van der Waals surface area (Å²) in [5, 5.41) is 5.22. The predicted molar refractivity (Wildman–Crippen MR) is 114 cm³/mol. The highest BCUT2D eigenvalue weighted by atomic mass is 32.1. The molecule has 1 amide bonds. The first kappa shape index (κ1) is 18.1. The zero-order valence-electron chi connectivity index (χ0n) is 15.7. The quantitative estimate of drug-likeness (QED) is 0.427. The molecule has 0 aliphatic carbocycles. The number of anilines is 1. The van der Waals surface area contributed by atoms with E-state index in [0.29, 0.717) is 34.5 Å². The van der Waals surface area contributed by atoms with Gasteiger partial charge in [0, 0.05) is 29.5 Å². The van der Waals surface area contributed by atoms with Crippen molar-refractivity contribution in [3.63, 3.8) is 0 Å². The number of carbonyl (C=O) groups is 1. The molecule has 4 heterocycles. The zero-order valence-corrected chi connectivity index (χ0v) is 16.5. The highest BCUT2D eigenvalue weighted by Crippen LogP contribution is 2.25. The summed E-state index contributed by atoms with van der Waals surface area (Å²) in [6.07, 6.45) is 5.45. The number of hydrogen-bond acceptors (Lipinski definition) is 6. The van der Waals surface area contributed by atoms with Gasteiger partial charge in [-0.25, -0.2) is 9.97 Å². The second-order valence-electron chi connectivity index (χ2n) is 6.48. The SMILES string of the molecule is O=C(Nc1cccc(OCc2cn3ccccc3n2)c1)c1csc(-c2ccco2)n1. The van der Waals surface area contributed by atoms with Gasteiger partial charge < -0.3 is 18.9 Å². The maximum Gasteiger partial charge on any atom is 0.275 e. The predicted octanol–water partition coefficient (Wildman–Crippen LogP) is 4.88. The Balaban J connectivity index is 1.25. The number of nitrogens with one attached hydrogen (secondary N) is 1. The standard InChI is InChI=1S/C22H16N4O3S/c27-21(18-14-30-22(25-18)19-7-4-10-28-19)24-15-5-3-6-17(11-15)29-13-16-12-26-9-2-1-8-20(26)23-16/h1-12,14H,13H2,(H,24,27). The fraction of sp³-hybridized carbons (Fsp3) is 0.0455. The molecule has 5 aromatic rings. The van der Waals surface area contributed by atoms with Crippen LogP contribution in [0.2, 0.25) is 0 Å². The van der Waals surface area contributed by atoms with E-state index < -0.39 is 0 Å². The Bertz CT molecular complexity index is 1270. The Kier molecular flexibility index (Phi) is 4.74. The van der Waals surface area contributed by atoms with E-state index in [1.165, 1.54) is 11.3 Å². The molecule has 0 unspecified atom stereocenters. The lowest BCUT2D eigenvalue weighted by Crippen LogP contribution is -2.12. The van der Waals surface area contributed by atoms with E-state index in [4.69, 9.17) is 9.15 Å². The van der Waals surface area contributed by atoms with Crippen molar-refractivity contribution in [3.05, 3.63) is 90.0 Å². The van der Waals surface area contributed by atoms with Crippen molar-refractivity contribution >= 4 is 28.6 Å². The monoisotopic (exact) mass is 416 g/mol. The first-order chi connectivity index (χ1) is 14.7. The summed E-state index contributed by atoms with van der Waals surface area (Å²) in [5.41, 5.74) is 2.65. The van der Waals surface area contributed by atoms with Crippen LogP contribution in [0.1, 0.15) is 16.2 Å². The molecule has 0 fully saturated rings. The molecule has 1 aromatic carbocycles. The number of rotatable bonds is 6. The van der Waals surface area contributed by atoms with Crippen LogP contribution in [0.3, 0.4) is 0 Å². The van der Waals surface area contributed by atoms with Crippen molar-refractivity contribution in [2.75, 3.05) is 5.32 Å². The zero-order chi connectivity index (χ0) is 20.3. The summed E-state index contributed by atoms with van der Waals surface area (Å²) in [4.78, 5) is 21.4. The molecule has 0 bridgehead atoms. The molecule has 30 heavy (non-hydrogen) atoms. The molecule has 148 valence electrons. The van der Waals surface area contributed by atoms with Gasteiger partial charge in [-0.1, -0.05) is 12.1 Å². The summed E-state index contributed by atoms with van der Waals surface area (Å²) in [6, 6.07) is 16.7. The fourth-order valence-corrected chi connectivity index (χ4v) is 3.73. The van der Waals surface area contributed by atoms with E-state index in [1.807, 2.05) is 53.2 Å². The normalized spacial score (nSPS) is 10.9. The molecule has 0 radical (unpaired) electrons. The Morgan fingerprint density at radius 2 is 2.10 bits per heavy atom. The molecule has 0 saturated carbocycles. The van der Waals surface area contributed by atoms with Crippen LogP contribution in [0.25, 0.3) is 16.4 Å². The number of ether oxygens (including phenoxy) is 1. The Hall–Kier alpha value is -3.91. The number of amides is 1. The number of imidazole rings is 1. The topological polar surface area (TPSA) is 81.7 Å². The Morgan fingerprint density at radius 3 is 2.97 bits per heavy atom. The van der Waals surface area contributed by atoms with E-state index in [0.717, 1.165) is 11.3 Å². The second-order valence-corrected chi connectivity index (χ2v) is 7.34. The van der Waals surface area contributed by atoms with Crippen LogP contribution in [0, 0.1) is 0 Å². The largest absolute Gasteiger partial charge is 0.487 e. The van der Waals surface area contributed by atoms with Crippen LogP contribution in [0.4, 0.5) is 5.69 Å². The number of thiazole rings is 1. The molecule has 8 heteroatoms. The van der Waals surface area contributed by atoms with E-state index in [-0.39, 0.29) is 5.91 Å². The van der Waals surface area contributed by atoms with Gasteiger partial charge in [0.2, 0.25) is 0 Å². The number of furan rings is 1. The van der Waals surface area contributed by atoms with Crippen molar-refractivity contribution < 1.29 is 13.9 Å². The maximum atomic E-state index is 12.5. The van der Waals surface area contributed by atoms with E-state index in [9.17, 15) is 4.79 Å². The number of nitrogens with zero attached hydrogens (tertiary/aromatic N) is 3. The van der Waals surface area contributed by atoms with Gasteiger partial charge in [0.15, 0.2) is 10.8 Å².